The molecule has 6 heteroatoms. The fourth-order valence-electron chi connectivity index (χ4n) is 2.21. The zero-order valence-electron chi connectivity index (χ0n) is 12.6. The molecule has 0 aromatic rings. The number of carbonyl (C=O) groups excluding carboxylic acids is 2. The lowest BCUT2D eigenvalue weighted by atomic mass is 9.85. The van der Waals surface area contributed by atoms with E-state index in [-0.39, 0.29) is 36.2 Å². The summed E-state index contributed by atoms with van der Waals surface area (Å²) in [5.74, 6) is -0.111. The van der Waals surface area contributed by atoms with Crippen LogP contribution in [0.25, 0.3) is 0 Å². The van der Waals surface area contributed by atoms with Crippen molar-refractivity contribution in [2.75, 3.05) is 13.2 Å². The summed E-state index contributed by atoms with van der Waals surface area (Å²) in [7, 11) is 0. The Morgan fingerprint density at radius 1 is 1.25 bits per heavy atom. The second-order valence-corrected chi connectivity index (χ2v) is 5.86. The van der Waals surface area contributed by atoms with Crippen LogP contribution in [0.15, 0.2) is 0 Å². The minimum absolute atomic E-state index is 0. The largest absolute Gasteiger partial charge is 0.466 e. The average molecular weight is 307 g/mol. The van der Waals surface area contributed by atoms with E-state index < -0.39 is 5.41 Å². The van der Waals surface area contributed by atoms with Gasteiger partial charge in [0.25, 0.3) is 0 Å². The van der Waals surface area contributed by atoms with Gasteiger partial charge >= 0.3 is 5.97 Å². The number of halogens is 1. The highest BCUT2D eigenvalue weighted by Gasteiger charge is 2.31. The molecule has 0 aliphatic heterocycles. The quantitative estimate of drug-likeness (QED) is 0.756. The predicted octanol–water partition coefficient (Wildman–Crippen LogP) is 1.63. The molecule has 20 heavy (non-hydrogen) atoms. The van der Waals surface area contributed by atoms with Gasteiger partial charge in [-0.1, -0.05) is 0 Å². The Labute approximate surface area is 127 Å². The van der Waals surface area contributed by atoms with Gasteiger partial charge in [0.1, 0.15) is 0 Å². The first kappa shape index (κ1) is 19.2. The number of nitrogens with one attached hydrogen (secondary N) is 1. The van der Waals surface area contributed by atoms with Crippen molar-refractivity contribution >= 4 is 24.3 Å². The Morgan fingerprint density at radius 3 is 2.25 bits per heavy atom. The summed E-state index contributed by atoms with van der Waals surface area (Å²) in [5, 5.41) is 3.03. The monoisotopic (exact) mass is 306 g/mol. The molecule has 1 fully saturated rings. The average Bonchev–Trinajstić information content (AvgIpc) is 2.39. The van der Waals surface area contributed by atoms with E-state index in [4.69, 9.17) is 10.5 Å². The number of carbonyl (C=O) groups is 2. The van der Waals surface area contributed by atoms with E-state index in [0.717, 1.165) is 25.7 Å². The molecule has 0 aromatic heterocycles. The Kier molecular flexibility index (Phi) is 8.13. The van der Waals surface area contributed by atoms with Crippen LogP contribution in [0.5, 0.6) is 0 Å². The molecule has 1 saturated carbocycles. The second kappa shape index (κ2) is 8.47. The third-order valence-electron chi connectivity index (χ3n) is 3.81. The molecule has 1 aliphatic carbocycles. The highest BCUT2D eigenvalue weighted by Crippen LogP contribution is 2.26. The van der Waals surface area contributed by atoms with Crippen LogP contribution in [-0.2, 0) is 14.3 Å². The molecule has 0 radical (unpaired) electrons. The third kappa shape index (κ3) is 5.29. The number of amides is 1. The standard InChI is InChI=1S/C14H26N2O3.ClH/c1-4-19-12(17)10-5-7-11(8-6-10)16-13(18)14(2,3)9-15;/h10-11H,4-9,15H2,1-3H3,(H,16,18);1H. The Bertz CT molecular complexity index is 326. The van der Waals surface area contributed by atoms with E-state index in [1.807, 2.05) is 20.8 Å². The molecule has 0 saturated heterocycles. The molecule has 0 heterocycles. The van der Waals surface area contributed by atoms with Crippen molar-refractivity contribution in [3.63, 3.8) is 0 Å². The highest BCUT2D eigenvalue weighted by atomic mass is 35.5. The second-order valence-electron chi connectivity index (χ2n) is 5.86. The first-order chi connectivity index (χ1) is 8.90. The molecule has 0 spiro atoms. The molecule has 1 amide bonds. The van der Waals surface area contributed by atoms with E-state index in [2.05, 4.69) is 5.32 Å². The molecule has 0 bridgehead atoms. The van der Waals surface area contributed by atoms with Crippen LogP contribution in [0.3, 0.4) is 0 Å². The summed E-state index contributed by atoms with van der Waals surface area (Å²) in [6.07, 6.45) is 3.23. The van der Waals surface area contributed by atoms with Crippen molar-refractivity contribution in [2.45, 2.75) is 52.5 Å². The molecule has 0 unspecified atom stereocenters. The molecule has 3 N–H and O–H groups in total. The Morgan fingerprint density at radius 2 is 1.80 bits per heavy atom. The van der Waals surface area contributed by atoms with Gasteiger partial charge < -0.3 is 15.8 Å². The maximum absolute atomic E-state index is 12.0. The molecule has 5 nitrogen and oxygen atoms in total. The normalized spacial score (nSPS) is 22.6. The Balaban J connectivity index is 0.00000361. The summed E-state index contributed by atoms with van der Waals surface area (Å²) in [6, 6.07) is 0.156. The van der Waals surface area contributed by atoms with E-state index >= 15 is 0 Å². The topological polar surface area (TPSA) is 81.4 Å². The van der Waals surface area contributed by atoms with Crippen LogP contribution in [0.4, 0.5) is 0 Å². The molecule has 0 atom stereocenters. The lowest BCUT2D eigenvalue weighted by Crippen LogP contribution is -2.47. The van der Waals surface area contributed by atoms with Gasteiger partial charge in [-0.25, -0.2) is 0 Å². The molecular formula is C14H27ClN2O3. The molecule has 0 aromatic carbocycles. The molecular weight excluding hydrogens is 280 g/mol. The summed E-state index contributed by atoms with van der Waals surface area (Å²) in [4.78, 5) is 23.6. The van der Waals surface area contributed by atoms with Gasteiger partial charge in [0.05, 0.1) is 17.9 Å². The van der Waals surface area contributed by atoms with Crippen molar-refractivity contribution < 1.29 is 14.3 Å². The number of rotatable bonds is 5. The van der Waals surface area contributed by atoms with Crippen molar-refractivity contribution in [1.29, 1.82) is 0 Å². The van der Waals surface area contributed by atoms with Crippen LogP contribution >= 0.6 is 12.4 Å². The zero-order valence-corrected chi connectivity index (χ0v) is 13.4. The van der Waals surface area contributed by atoms with Crippen molar-refractivity contribution in [2.24, 2.45) is 17.1 Å². The number of ether oxygens (including phenoxy) is 1. The SMILES string of the molecule is CCOC(=O)C1CCC(NC(=O)C(C)(C)CN)CC1.Cl. The van der Waals surface area contributed by atoms with E-state index in [0.29, 0.717) is 13.2 Å². The van der Waals surface area contributed by atoms with E-state index in [9.17, 15) is 9.59 Å². The fraction of sp³-hybridized carbons (Fsp3) is 0.857. The number of hydrogen-bond donors (Lipinski definition) is 2. The summed E-state index contributed by atoms with van der Waals surface area (Å²) in [5.41, 5.74) is 5.06. The summed E-state index contributed by atoms with van der Waals surface area (Å²) in [6.45, 7) is 6.26. The van der Waals surface area contributed by atoms with Gasteiger partial charge in [-0.15, -0.1) is 12.4 Å². The first-order valence-electron chi connectivity index (χ1n) is 7.08. The van der Waals surface area contributed by atoms with Gasteiger partial charge in [-0.2, -0.15) is 0 Å². The van der Waals surface area contributed by atoms with Crippen molar-refractivity contribution in [1.82, 2.24) is 5.32 Å². The van der Waals surface area contributed by atoms with E-state index in [1.54, 1.807) is 0 Å². The number of esters is 1. The van der Waals surface area contributed by atoms with E-state index in [1.165, 1.54) is 0 Å². The molecule has 1 aliphatic rings. The van der Waals surface area contributed by atoms with Crippen LogP contribution in [0, 0.1) is 11.3 Å². The maximum atomic E-state index is 12.0. The van der Waals surface area contributed by atoms with Crippen LogP contribution in [-0.4, -0.2) is 31.1 Å². The van der Waals surface area contributed by atoms with Gasteiger partial charge in [0.15, 0.2) is 0 Å². The smallest absolute Gasteiger partial charge is 0.308 e. The van der Waals surface area contributed by atoms with Crippen LogP contribution in [0.1, 0.15) is 46.5 Å². The highest BCUT2D eigenvalue weighted by molar-refractivity contribution is 5.85. The van der Waals surface area contributed by atoms with Crippen LogP contribution < -0.4 is 11.1 Å². The van der Waals surface area contributed by atoms with Crippen LogP contribution in [0.2, 0.25) is 0 Å². The molecule has 1 rings (SSSR count). The predicted molar refractivity (Wildman–Crippen MR) is 80.6 cm³/mol. The van der Waals surface area contributed by atoms with Gasteiger partial charge in [-0.05, 0) is 46.5 Å². The number of nitrogens with two attached hydrogens (primary N) is 1. The van der Waals surface area contributed by atoms with Crippen molar-refractivity contribution in [3.8, 4) is 0 Å². The first-order valence-corrected chi connectivity index (χ1v) is 7.08. The maximum Gasteiger partial charge on any atom is 0.308 e. The van der Waals surface area contributed by atoms with Crippen molar-refractivity contribution in [3.05, 3.63) is 0 Å². The lowest BCUT2D eigenvalue weighted by molar-refractivity contribution is -0.149. The lowest BCUT2D eigenvalue weighted by Gasteiger charge is -2.31. The summed E-state index contributed by atoms with van der Waals surface area (Å²) < 4.78 is 5.03. The van der Waals surface area contributed by atoms with Gasteiger partial charge in [0.2, 0.25) is 5.91 Å². The number of hydrogen-bond acceptors (Lipinski definition) is 4. The summed E-state index contributed by atoms with van der Waals surface area (Å²) >= 11 is 0. The van der Waals surface area contributed by atoms with Gasteiger partial charge in [-0.3, -0.25) is 9.59 Å². The minimum Gasteiger partial charge on any atom is -0.466 e. The fourth-order valence-corrected chi connectivity index (χ4v) is 2.21. The third-order valence-corrected chi connectivity index (χ3v) is 3.81. The zero-order chi connectivity index (χ0) is 14.5. The van der Waals surface area contributed by atoms with Gasteiger partial charge in [0, 0.05) is 12.6 Å². The Hall–Kier alpha value is -0.810. The minimum atomic E-state index is -0.530. The molecule has 118 valence electrons.